The maximum absolute atomic E-state index is 12.6. The summed E-state index contributed by atoms with van der Waals surface area (Å²) in [5, 5.41) is 5.26. The lowest BCUT2D eigenvalue weighted by Gasteiger charge is -2.23. The molecule has 1 unspecified atom stereocenters. The second-order valence-electron chi connectivity index (χ2n) is 4.64. The Hall–Kier alpha value is -2.13. The fourth-order valence-electron chi connectivity index (χ4n) is 1.96. The summed E-state index contributed by atoms with van der Waals surface area (Å²) in [5.74, 6) is -1.90. The van der Waals surface area contributed by atoms with Crippen LogP contribution in [0.3, 0.4) is 0 Å². The van der Waals surface area contributed by atoms with Crippen molar-refractivity contribution in [2.75, 3.05) is 25.0 Å². The molecule has 1 atom stereocenters. The van der Waals surface area contributed by atoms with Crippen LogP contribution in [0.5, 0.6) is 0 Å². The molecule has 1 heterocycles. The van der Waals surface area contributed by atoms with E-state index in [9.17, 15) is 22.8 Å². The quantitative estimate of drug-likeness (QED) is 0.872. The van der Waals surface area contributed by atoms with Crippen LogP contribution in [0.1, 0.15) is 15.9 Å². The number of anilines is 1. The zero-order chi connectivity index (χ0) is 16.3. The Morgan fingerprint density at radius 2 is 2.09 bits per heavy atom. The summed E-state index contributed by atoms with van der Waals surface area (Å²) in [7, 11) is 0. The molecule has 3 N–H and O–H groups in total. The van der Waals surface area contributed by atoms with Gasteiger partial charge in [-0.1, -0.05) is 0 Å². The largest absolute Gasteiger partial charge is 0.416 e. The van der Waals surface area contributed by atoms with E-state index in [2.05, 4.69) is 10.6 Å². The van der Waals surface area contributed by atoms with E-state index in [1.165, 1.54) is 0 Å². The smallest absolute Gasteiger partial charge is 0.366 e. The Morgan fingerprint density at radius 1 is 1.36 bits per heavy atom. The molecule has 1 radical (unpaired) electrons. The number of hydrogen-bond donors (Lipinski definition) is 2. The number of halogens is 3. The second kappa shape index (κ2) is 6.32. The monoisotopic (exact) mass is 316 g/mol. The van der Waals surface area contributed by atoms with Gasteiger partial charge in [-0.25, -0.2) is 0 Å². The number of carbonyl (C=O) groups excluding carboxylic acids is 2. The normalized spacial score (nSPS) is 18.8. The van der Waals surface area contributed by atoms with Crippen molar-refractivity contribution in [2.45, 2.75) is 12.3 Å². The van der Waals surface area contributed by atoms with E-state index in [0.717, 1.165) is 12.1 Å². The molecule has 1 saturated heterocycles. The highest BCUT2D eigenvalue weighted by Crippen LogP contribution is 2.31. The summed E-state index contributed by atoms with van der Waals surface area (Å²) in [4.78, 5) is 23.2. The van der Waals surface area contributed by atoms with Crippen molar-refractivity contribution in [3.8, 4) is 0 Å². The average Bonchev–Trinajstić information content (AvgIpc) is 2.47. The molecular weight excluding hydrogens is 303 g/mol. The molecule has 1 aromatic rings. The van der Waals surface area contributed by atoms with Crippen LogP contribution in [0.4, 0.5) is 18.9 Å². The van der Waals surface area contributed by atoms with Gasteiger partial charge in [0.2, 0.25) is 0 Å². The van der Waals surface area contributed by atoms with E-state index in [1.807, 2.05) is 0 Å². The molecule has 0 bridgehead atoms. The predicted molar refractivity (Wildman–Crippen MR) is 70.1 cm³/mol. The van der Waals surface area contributed by atoms with Crippen molar-refractivity contribution in [1.29, 1.82) is 0 Å². The summed E-state index contributed by atoms with van der Waals surface area (Å²) in [5.41, 5.74) is 5.32. The van der Waals surface area contributed by atoms with Crippen molar-refractivity contribution in [2.24, 2.45) is 0 Å². The highest BCUT2D eigenvalue weighted by Gasteiger charge is 2.32. The minimum Gasteiger partial charge on any atom is -0.366 e. The summed E-state index contributed by atoms with van der Waals surface area (Å²) in [6.07, 6.45) is -5.44. The van der Waals surface area contributed by atoms with E-state index in [0.29, 0.717) is 19.2 Å². The number of morpholine rings is 1. The molecule has 0 saturated carbocycles. The standard InChI is InChI=1S/C13H13F3N3O3/c14-13(15,16)7-1-2-9(8(5-7)11(17)20)19-12(21)10-6-18-3-4-22-10/h1-2,5,10,17-18H,3-4,6H2,(H,19,21). The van der Waals surface area contributed by atoms with Gasteiger partial charge in [0.1, 0.15) is 6.10 Å². The Morgan fingerprint density at radius 3 is 2.64 bits per heavy atom. The molecule has 0 spiro atoms. The van der Waals surface area contributed by atoms with Gasteiger partial charge in [0.05, 0.1) is 23.4 Å². The average molecular weight is 316 g/mol. The molecule has 22 heavy (non-hydrogen) atoms. The third-order valence-corrected chi connectivity index (χ3v) is 3.07. The number of amides is 2. The van der Waals surface area contributed by atoms with Crippen LogP contribution in [-0.4, -0.2) is 37.6 Å². The second-order valence-corrected chi connectivity index (χ2v) is 4.64. The third kappa shape index (κ3) is 3.74. The van der Waals surface area contributed by atoms with Crippen LogP contribution in [0.2, 0.25) is 0 Å². The number of rotatable bonds is 3. The lowest BCUT2D eigenvalue weighted by atomic mass is 10.1. The van der Waals surface area contributed by atoms with Crippen LogP contribution in [-0.2, 0) is 15.7 Å². The lowest BCUT2D eigenvalue weighted by molar-refractivity contribution is -0.137. The molecule has 2 rings (SSSR count). The molecule has 0 aromatic heterocycles. The van der Waals surface area contributed by atoms with Gasteiger partial charge in [-0.3, -0.25) is 15.3 Å². The molecule has 9 heteroatoms. The highest BCUT2D eigenvalue weighted by atomic mass is 19.4. The topological polar surface area (TPSA) is 91.2 Å². The van der Waals surface area contributed by atoms with E-state index < -0.39 is 35.2 Å². The number of nitrogens with one attached hydrogen (secondary N) is 3. The van der Waals surface area contributed by atoms with E-state index >= 15 is 0 Å². The van der Waals surface area contributed by atoms with Crippen LogP contribution in [0.15, 0.2) is 18.2 Å². The first-order chi connectivity index (χ1) is 10.3. The van der Waals surface area contributed by atoms with E-state index in [4.69, 9.17) is 10.5 Å². The SMILES string of the molecule is [NH]C(=O)c1cc(C(F)(F)F)ccc1NC(=O)C1CNCCO1. The first-order valence-corrected chi connectivity index (χ1v) is 6.39. The van der Waals surface area contributed by atoms with Gasteiger partial charge in [0, 0.05) is 13.1 Å². The van der Waals surface area contributed by atoms with Gasteiger partial charge in [-0.05, 0) is 18.2 Å². The van der Waals surface area contributed by atoms with Crippen molar-refractivity contribution in [1.82, 2.24) is 11.1 Å². The fraction of sp³-hybridized carbons (Fsp3) is 0.385. The summed E-state index contributed by atoms with van der Waals surface area (Å²) < 4.78 is 43.1. The Balaban J connectivity index is 2.23. The van der Waals surface area contributed by atoms with Crippen LogP contribution >= 0.6 is 0 Å². The minimum absolute atomic E-state index is 0.146. The van der Waals surface area contributed by atoms with Gasteiger partial charge >= 0.3 is 6.18 Å². The first kappa shape index (κ1) is 16.2. The Kier molecular flexibility index (Phi) is 4.67. The molecular formula is C13H13F3N3O3. The lowest BCUT2D eigenvalue weighted by Crippen LogP contribution is -2.45. The fourth-order valence-corrected chi connectivity index (χ4v) is 1.96. The number of benzene rings is 1. The van der Waals surface area contributed by atoms with Crippen LogP contribution in [0, 0.1) is 0 Å². The number of carbonyl (C=O) groups is 2. The molecule has 1 aliphatic heterocycles. The van der Waals surface area contributed by atoms with Gasteiger partial charge in [-0.15, -0.1) is 0 Å². The molecule has 1 fully saturated rings. The Bertz CT molecular complexity index is 584. The maximum Gasteiger partial charge on any atom is 0.416 e. The molecule has 119 valence electrons. The molecule has 1 aliphatic rings. The molecule has 6 nitrogen and oxygen atoms in total. The van der Waals surface area contributed by atoms with Gasteiger partial charge in [-0.2, -0.15) is 13.2 Å². The van der Waals surface area contributed by atoms with Crippen LogP contribution < -0.4 is 16.4 Å². The number of ether oxygens (including phenoxy) is 1. The van der Waals surface area contributed by atoms with Gasteiger partial charge < -0.3 is 15.4 Å². The van der Waals surface area contributed by atoms with Crippen molar-refractivity contribution in [3.05, 3.63) is 29.3 Å². The third-order valence-electron chi connectivity index (χ3n) is 3.07. The number of hydrogen-bond acceptors (Lipinski definition) is 4. The zero-order valence-electron chi connectivity index (χ0n) is 11.3. The van der Waals surface area contributed by atoms with Crippen LogP contribution in [0.25, 0.3) is 0 Å². The highest BCUT2D eigenvalue weighted by molar-refractivity contribution is 6.04. The van der Waals surface area contributed by atoms with Gasteiger partial charge in [0.25, 0.3) is 11.8 Å². The zero-order valence-corrected chi connectivity index (χ0v) is 11.3. The van der Waals surface area contributed by atoms with Crippen molar-refractivity contribution >= 4 is 17.5 Å². The molecule has 0 aliphatic carbocycles. The molecule has 1 aromatic carbocycles. The first-order valence-electron chi connectivity index (χ1n) is 6.39. The summed E-state index contributed by atoms with van der Waals surface area (Å²) in [6.45, 7) is 1.19. The van der Waals surface area contributed by atoms with E-state index in [-0.39, 0.29) is 12.2 Å². The number of alkyl halides is 3. The van der Waals surface area contributed by atoms with Gasteiger partial charge in [0.15, 0.2) is 0 Å². The summed E-state index contributed by atoms with van der Waals surface area (Å²) in [6, 6.07) is 2.24. The maximum atomic E-state index is 12.6. The Labute approximate surface area is 123 Å². The predicted octanol–water partition coefficient (Wildman–Crippen LogP) is 1.06. The minimum atomic E-state index is -4.64. The van der Waals surface area contributed by atoms with Crippen molar-refractivity contribution < 1.29 is 27.5 Å². The summed E-state index contributed by atoms with van der Waals surface area (Å²) >= 11 is 0. The van der Waals surface area contributed by atoms with Crippen molar-refractivity contribution in [3.63, 3.8) is 0 Å². The van der Waals surface area contributed by atoms with E-state index in [1.54, 1.807) is 0 Å². The molecule has 2 amide bonds.